The van der Waals surface area contributed by atoms with Gasteiger partial charge in [-0.05, 0) is 52.4 Å². The number of ketones is 2. The van der Waals surface area contributed by atoms with Gasteiger partial charge >= 0.3 is 0 Å². The summed E-state index contributed by atoms with van der Waals surface area (Å²) in [6.07, 6.45) is 3.87. The number of nitrogens with zero attached hydrogens (tertiary/aromatic N) is 1. The minimum absolute atomic E-state index is 0.154. The Bertz CT molecular complexity index is 1650. The van der Waals surface area contributed by atoms with E-state index >= 15 is 0 Å². The van der Waals surface area contributed by atoms with Crippen LogP contribution in [0.2, 0.25) is 0 Å². The first-order chi connectivity index (χ1) is 18.5. The molecule has 186 valence electrons. The van der Waals surface area contributed by atoms with Gasteiger partial charge in [0.1, 0.15) is 11.5 Å². The van der Waals surface area contributed by atoms with Gasteiger partial charge in [-0.25, -0.2) is 0 Å². The molecule has 0 bridgehead atoms. The quantitative estimate of drug-likeness (QED) is 0.280. The Morgan fingerprint density at radius 2 is 1.66 bits per heavy atom. The summed E-state index contributed by atoms with van der Waals surface area (Å²) in [5.41, 5.74) is 2.50. The number of anilines is 1. The second-order valence-corrected chi connectivity index (χ2v) is 11.7. The summed E-state index contributed by atoms with van der Waals surface area (Å²) in [5.74, 6) is -1.59. The number of nitrogens with one attached hydrogen (secondary N) is 1. The van der Waals surface area contributed by atoms with Crippen LogP contribution in [0.3, 0.4) is 0 Å². The number of thiophene rings is 1. The number of amides is 1. The first-order valence-electron chi connectivity index (χ1n) is 12.3. The van der Waals surface area contributed by atoms with E-state index in [-0.39, 0.29) is 17.5 Å². The van der Waals surface area contributed by atoms with Gasteiger partial charge in [-0.3, -0.25) is 14.4 Å². The second-order valence-electron chi connectivity index (χ2n) is 9.80. The third-order valence-electron chi connectivity index (χ3n) is 8.01. The summed E-state index contributed by atoms with van der Waals surface area (Å²) in [6, 6.07) is 24.9. The van der Waals surface area contributed by atoms with E-state index < -0.39 is 23.4 Å². The van der Waals surface area contributed by atoms with Crippen LogP contribution in [0.25, 0.3) is 6.08 Å². The van der Waals surface area contributed by atoms with Crippen molar-refractivity contribution in [3.63, 3.8) is 0 Å². The van der Waals surface area contributed by atoms with Gasteiger partial charge < -0.3 is 10.2 Å². The molecule has 0 unspecified atom stereocenters. The summed E-state index contributed by atoms with van der Waals surface area (Å²) in [4.78, 5) is 45.8. The van der Waals surface area contributed by atoms with E-state index in [1.54, 1.807) is 18.2 Å². The largest absolute Gasteiger partial charge is 0.358 e. The lowest BCUT2D eigenvalue weighted by molar-refractivity contribution is -0.122. The topological polar surface area (TPSA) is 66.5 Å². The monoisotopic (exact) mass is 580 g/mol. The van der Waals surface area contributed by atoms with Gasteiger partial charge in [-0.1, -0.05) is 76.6 Å². The second kappa shape index (κ2) is 8.61. The van der Waals surface area contributed by atoms with Gasteiger partial charge in [0.05, 0.1) is 16.8 Å². The molecule has 7 rings (SSSR count). The van der Waals surface area contributed by atoms with Crippen LogP contribution >= 0.6 is 27.3 Å². The van der Waals surface area contributed by atoms with E-state index in [1.165, 1.54) is 11.3 Å². The van der Waals surface area contributed by atoms with Crippen molar-refractivity contribution in [1.82, 2.24) is 4.90 Å². The average molecular weight is 581 g/mol. The zero-order valence-electron chi connectivity index (χ0n) is 20.0. The molecule has 3 aromatic carbocycles. The van der Waals surface area contributed by atoms with Crippen molar-refractivity contribution in [2.75, 3.05) is 5.32 Å². The van der Waals surface area contributed by atoms with Crippen LogP contribution in [0.5, 0.6) is 0 Å². The maximum Gasteiger partial charge on any atom is 0.238 e. The maximum atomic E-state index is 14.6. The molecule has 1 spiro atoms. The molecule has 0 saturated carbocycles. The highest BCUT2D eigenvalue weighted by atomic mass is 79.9. The predicted molar refractivity (Wildman–Crippen MR) is 151 cm³/mol. The lowest BCUT2D eigenvalue weighted by Gasteiger charge is -2.38. The lowest BCUT2D eigenvalue weighted by atomic mass is 9.63. The molecule has 0 radical (unpaired) electrons. The molecule has 7 heteroatoms. The average Bonchev–Trinajstić information content (AvgIpc) is 3.65. The summed E-state index contributed by atoms with van der Waals surface area (Å²) >= 11 is 4.81. The third-order valence-corrected chi connectivity index (χ3v) is 9.43. The van der Waals surface area contributed by atoms with E-state index in [0.29, 0.717) is 16.1 Å². The first kappa shape index (κ1) is 23.3. The zero-order chi connectivity index (χ0) is 26.0. The number of para-hydroxylation sites is 1. The van der Waals surface area contributed by atoms with Crippen molar-refractivity contribution in [2.45, 2.75) is 17.5 Å². The number of benzene rings is 3. The van der Waals surface area contributed by atoms with Crippen LogP contribution in [-0.4, -0.2) is 28.4 Å². The number of Topliss-reactive ketones (excluding diaryl/α,β-unsaturated/α-hetero) is 2. The van der Waals surface area contributed by atoms with E-state index in [9.17, 15) is 14.4 Å². The minimum Gasteiger partial charge on any atom is -0.358 e. The third kappa shape index (κ3) is 3.12. The predicted octanol–water partition coefficient (Wildman–Crippen LogP) is 6.49. The number of halogens is 1. The smallest absolute Gasteiger partial charge is 0.238 e. The standard InChI is InChI=1S/C31H21BrN2O3S/c32-20-13-11-19(12-14-20)27(35)25-26(28(36)24-10-5-17-38-24)34-16-15-18-6-1-2-7-21(18)29(34)31(25)22-8-3-4-9-23(22)33-30(31)37/h1-17,25-26,29H,(H,33,37)/t25-,26+,29-,31+/m1/s1. The van der Waals surface area contributed by atoms with Gasteiger partial charge in [0.2, 0.25) is 5.91 Å². The number of fused-ring (bicyclic) bond motifs is 6. The Hall–Kier alpha value is -3.81. The fourth-order valence-electron chi connectivity index (χ4n) is 6.53. The Labute approximate surface area is 231 Å². The number of hydrogen-bond acceptors (Lipinski definition) is 5. The highest BCUT2D eigenvalue weighted by molar-refractivity contribution is 9.10. The molecule has 4 atom stereocenters. The Kier molecular flexibility index (Phi) is 5.29. The van der Waals surface area contributed by atoms with Crippen molar-refractivity contribution in [3.8, 4) is 0 Å². The van der Waals surface area contributed by atoms with Gasteiger partial charge in [-0.2, -0.15) is 0 Å². The maximum absolute atomic E-state index is 14.6. The highest BCUT2D eigenvalue weighted by Crippen LogP contribution is 2.62. The van der Waals surface area contributed by atoms with Crippen molar-refractivity contribution in [2.24, 2.45) is 5.92 Å². The highest BCUT2D eigenvalue weighted by Gasteiger charge is 2.70. The number of carbonyl (C=O) groups excluding carboxylic acids is 3. The van der Waals surface area contributed by atoms with Gasteiger partial charge in [0.25, 0.3) is 0 Å². The molecule has 1 N–H and O–H groups in total. The molecule has 3 aliphatic heterocycles. The van der Waals surface area contributed by atoms with Gasteiger partial charge in [0, 0.05) is 21.9 Å². The van der Waals surface area contributed by atoms with E-state index in [1.807, 2.05) is 89.3 Å². The van der Waals surface area contributed by atoms with Crippen LogP contribution in [0.1, 0.15) is 42.8 Å². The first-order valence-corrected chi connectivity index (χ1v) is 14.0. The minimum atomic E-state index is -1.31. The summed E-state index contributed by atoms with van der Waals surface area (Å²) in [5, 5.41) is 4.94. The molecular weight excluding hydrogens is 560 g/mol. The van der Waals surface area contributed by atoms with E-state index in [2.05, 4.69) is 21.2 Å². The van der Waals surface area contributed by atoms with E-state index in [4.69, 9.17) is 0 Å². The molecule has 1 amide bonds. The van der Waals surface area contributed by atoms with Crippen molar-refractivity contribution in [1.29, 1.82) is 0 Å². The SMILES string of the molecule is O=C(c1cccs1)[C@@H]1[C@H](C(=O)c2ccc(Br)cc2)[C@]2(C(=O)Nc3ccccc32)[C@H]2c3ccccc3C=CN12. The summed E-state index contributed by atoms with van der Waals surface area (Å²) < 4.78 is 0.847. The molecular formula is C31H21BrN2O3S. The normalized spacial score (nSPS) is 24.6. The molecule has 4 aromatic rings. The Morgan fingerprint density at radius 3 is 2.45 bits per heavy atom. The van der Waals surface area contributed by atoms with E-state index in [0.717, 1.165) is 21.2 Å². The van der Waals surface area contributed by atoms with Crippen LogP contribution in [-0.2, 0) is 10.2 Å². The van der Waals surface area contributed by atoms with Gasteiger partial charge in [-0.15, -0.1) is 11.3 Å². The molecule has 1 fully saturated rings. The fraction of sp³-hybridized carbons (Fsp3) is 0.129. The van der Waals surface area contributed by atoms with Crippen molar-refractivity contribution in [3.05, 3.63) is 128 Å². The number of rotatable bonds is 4. The zero-order valence-corrected chi connectivity index (χ0v) is 22.4. The number of carbonyl (C=O) groups is 3. The Morgan fingerprint density at radius 1 is 0.895 bits per heavy atom. The molecule has 3 aliphatic rings. The van der Waals surface area contributed by atoms with Crippen molar-refractivity contribution < 1.29 is 14.4 Å². The van der Waals surface area contributed by atoms with Crippen LogP contribution in [0, 0.1) is 5.92 Å². The van der Waals surface area contributed by atoms with Gasteiger partial charge in [0.15, 0.2) is 11.6 Å². The fourth-order valence-corrected chi connectivity index (χ4v) is 7.49. The summed E-state index contributed by atoms with van der Waals surface area (Å²) in [7, 11) is 0. The molecule has 38 heavy (non-hydrogen) atoms. The molecule has 0 aliphatic carbocycles. The molecule has 1 saturated heterocycles. The van der Waals surface area contributed by atoms with Crippen LogP contribution < -0.4 is 5.32 Å². The lowest BCUT2D eigenvalue weighted by Crippen LogP contribution is -2.49. The van der Waals surface area contributed by atoms with Crippen LogP contribution in [0.15, 0.2) is 101 Å². The Balaban J connectivity index is 1.55. The summed E-state index contributed by atoms with van der Waals surface area (Å²) in [6.45, 7) is 0. The van der Waals surface area contributed by atoms with Crippen LogP contribution in [0.4, 0.5) is 5.69 Å². The molecule has 1 aromatic heterocycles. The van der Waals surface area contributed by atoms with Crippen molar-refractivity contribution >= 4 is 56.5 Å². The molecule has 4 heterocycles. The number of hydrogen-bond donors (Lipinski definition) is 1. The molecule has 5 nitrogen and oxygen atoms in total.